The van der Waals surface area contributed by atoms with Crippen molar-refractivity contribution in [1.82, 2.24) is 4.98 Å². The molecule has 0 spiro atoms. The Labute approximate surface area is 85.9 Å². The van der Waals surface area contributed by atoms with Gasteiger partial charge in [0.2, 0.25) is 0 Å². The molecule has 0 fully saturated rings. The zero-order chi connectivity index (χ0) is 11.0. The summed E-state index contributed by atoms with van der Waals surface area (Å²) in [5.41, 5.74) is 1.81. The number of fused-ring (bicyclic) bond motifs is 1. The third kappa shape index (κ3) is 1.48. The van der Waals surface area contributed by atoms with Gasteiger partial charge in [-0.15, -0.1) is 0 Å². The van der Waals surface area contributed by atoms with Crippen molar-refractivity contribution < 1.29 is 13.9 Å². The Morgan fingerprint density at radius 3 is 2.87 bits per heavy atom. The van der Waals surface area contributed by atoms with E-state index < -0.39 is 5.97 Å². The first-order valence-corrected chi connectivity index (χ1v) is 4.49. The van der Waals surface area contributed by atoms with E-state index in [1.807, 2.05) is 0 Å². The van der Waals surface area contributed by atoms with Crippen molar-refractivity contribution in [2.24, 2.45) is 0 Å². The van der Waals surface area contributed by atoms with Gasteiger partial charge >= 0.3 is 5.97 Å². The number of rotatable bonds is 1. The largest absolute Gasteiger partial charge is 0.464 e. The van der Waals surface area contributed by atoms with Crippen molar-refractivity contribution in [3.05, 3.63) is 35.3 Å². The van der Waals surface area contributed by atoms with Gasteiger partial charge in [-0.1, -0.05) is 0 Å². The molecule has 2 aromatic rings. The van der Waals surface area contributed by atoms with Gasteiger partial charge < -0.3 is 9.72 Å². The molecule has 1 aromatic heterocycles. The predicted molar refractivity (Wildman–Crippen MR) is 54.3 cm³/mol. The molecule has 0 saturated heterocycles. The van der Waals surface area contributed by atoms with E-state index in [9.17, 15) is 9.18 Å². The maximum absolute atomic E-state index is 13.0. The number of ether oxygens (including phenoxy) is 1. The summed E-state index contributed by atoms with van der Waals surface area (Å²) in [6.07, 6.45) is 0. The number of esters is 1. The molecule has 0 bridgehead atoms. The second kappa shape index (κ2) is 3.38. The van der Waals surface area contributed by atoms with Gasteiger partial charge in [-0.05, 0) is 30.7 Å². The lowest BCUT2D eigenvalue weighted by Gasteiger charge is -1.96. The molecule has 0 atom stereocenters. The van der Waals surface area contributed by atoms with Crippen molar-refractivity contribution in [2.45, 2.75) is 6.92 Å². The molecule has 0 aliphatic carbocycles. The summed E-state index contributed by atoms with van der Waals surface area (Å²) in [4.78, 5) is 14.2. The molecule has 2 rings (SSSR count). The van der Waals surface area contributed by atoms with Crippen LogP contribution >= 0.6 is 0 Å². The topological polar surface area (TPSA) is 42.1 Å². The van der Waals surface area contributed by atoms with Crippen molar-refractivity contribution in [3.8, 4) is 0 Å². The van der Waals surface area contributed by atoms with Crippen LogP contribution in [0, 0.1) is 12.7 Å². The van der Waals surface area contributed by atoms with Crippen molar-refractivity contribution in [1.29, 1.82) is 0 Å². The molecule has 4 heteroatoms. The summed E-state index contributed by atoms with van der Waals surface area (Å²) in [5.74, 6) is -0.759. The number of aryl methyl sites for hydroxylation is 1. The van der Waals surface area contributed by atoms with Crippen molar-refractivity contribution in [2.75, 3.05) is 7.11 Å². The third-order valence-corrected chi connectivity index (χ3v) is 2.41. The Hall–Kier alpha value is -1.84. The van der Waals surface area contributed by atoms with Gasteiger partial charge in [0, 0.05) is 10.9 Å². The fourth-order valence-corrected chi connectivity index (χ4v) is 1.61. The van der Waals surface area contributed by atoms with Crippen molar-refractivity contribution in [3.63, 3.8) is 0 Å². The molecule has 1 N–H and O–H groups in total. The number of aromatic nitrogens is 1. The summed E-state index contributed by atoms with van der Waals surface area (Å²) in [6.45, 7) is 1.75. The molecule has 0 aliphatic heterocycles. The van der Waals surface area contributed by atoms with Gasteiger partial charge in [-0.25, -0.2) is 9.18 Å². The quantitative estimate of drug-likeness (QED) is 0.729. The van der Waals surface area contributed by atoms with E-state index in [0.717, 1.165) is 5.52 Å². The number of carbonyl (C=O) groups is 1. The summed E-state index contributed by atoms with van der Waals surface area (Å²) < 4.78 is 17.6. The van der Waals surface area contributed by atoms with E-state index in [4.69, 9.17) is 0 Å². The van der Waals surface area contributed by atoms with Crippen LogP contribution < -0.4 is 0 Å². The smallest absolute Gasteiger partial charge is 0.354 e. The molecule has 3 nitrogen and oxygen atoms in total. The number of hydrogen-bond donors (Lipinski definition) is 1. The minimum absolute atomic E-state index is 0.319. The average Bonchev–Trinajstić information content (AvgIpc) is 2.55. The molecule has 1 heterocycles. The number of halogens is 1. The normalized spacial score (nSPS) is 10.6. The van der Waals surface area contributed by atoms with Crippen LogP contribution in [0.4, 0.5) is 4.39 Å². The summed E-state index contributed by atoms with van der Waals surface area (Å²) in [6, 6.07) is 4.34. The summed E-state index contributed by atoms with van der Waals surface area (Å²) in [7, 11) is 1.31. The molecular formula is C11H10FNO2. The van der Waals surface area contributed by atoms with Crippen LogP contribution in [0.2, 0.25) is 0 Å². The van der Waals surface area contributed by atoms with E-state index in [1.54, 1.807) is 13.0 Å². The van der Waals surface area contributed by atoms with Crippen LogP contribution in [0.3, 0.4) is 0 Å². The lowest BCUT2D eigenvalue weighted by Crippen LogP contribution is -2.02. The van der Waals surface area contributed by atoms with Gasteiger partial charge in [0.15, 0.2) is 0 Å². The molecule has 15 heavy (non-hydrogen) atoms. The first-order valence-electron chi connectivity index (χ1n) is 4.49. The van der Waals surface area contributed by atoms with Gasteiger partial charge in [-0.3, -0.25) is 0 Å². The molecule has 0 amide bonds. The summed E-state index contributed by atoms with van der Waals surface area (Å²) in [5, 5.41) is 0.704. The number of nitrogens with one attached hydrogen (secondary N) is 1. The molecule has 0 aliphatic rings. The SMILES string of the molecule is COC(=O)c1[nH]c2ccc(F)cc2c1C. The Bertz CT molecular complexity index is 531. The minimum Gasteiger partial charge on any atom is -0.464 e. The second-order valence-corrected chi connectivity index (χ2v) is 3.31. The predicted octanol–water partition coefficient (Wildman–Crippen LogP) is 2.40. The fourth-order valence-electron chi connectivity index (χ4n) is 1.61. The highest BCUT2D eigenvalue weighted by molar-refractivity contribution is 5.97. The van der Waals surface area contributed by atoms with Crippen LogP contribution in [-0.2, 0) is 4.74 Å². The Kier molecular flexibility index (Phi) is 2.19. The first-order chi connectivity index (χ1) is 7.13. The van der Waals surface area contributed by atoms with Crippen LogP contribution in [0.25, 0.3) is 10.9 Å². The molecule has 78 valence electrons. The van der Waals surface area contributed by atoms with Gasteiger partial charge in [0.25, 0.3) is 0 Å². The maximum Gasteiger partial charge on any atom is 0.354 e. The second-order valence-electron chi connectivity index (χ2n) is 3.31. The van der Waals surface area contributed by atoms with Crippen LogP contribution in [0.1, 0.15) is 16.1 Å². The average molecular weight is 207 g/mol. The Morgan fingerprint density at radius 1 is 1.47 bits per heavy atom. The molecule has 0 radical (unpaired) electrons. The molecule has 0 saturated carbocycles. The van der Waals surface area contributed by atoms with E-state index in [0.29, 0.717) is 16.6 Å². The number of aromatic amines is 1. The van der Waals surface area contributed by atoms with Crippen LogP contribution in [0.15, 0.2) is 18.2 Å². The molecule has 0 unspecified atom stereocenters. The highest BCUT2D eigenvalue weighted by atomic mass is 19.1. The monoisotopic (exact) mass is 207 g/mol. The lowest BCUT2D eigenvalue weighted by molar-refractivity contribution is 0.0594. The van der Waals surface area contributed by atoms with E-state index in [2.05, 4.69) is 9.72 Å². The molecule has 1 aromatic carbocycles. The van der Waals surface area contributed by atoms with Crippen LogP contribution in [0.5, 0.6) is 0 Å². The fraction of sp³-hybridized carbons (Fsp3) is 0.182. The molecular weight excluding hydrogens is 197 g/mol. The van der Waals surface area contributed by atoms with Crippen LogP contribution in [-0.4, -0.2) is 18.1 Å². The number of methoxy groups -OCH3 is 1. The van der Waals surface area contributed by atoms with Crippen molar-refractivity contribution >= 4 is 16.9 Å². The Morgan fingerprint density at radius 2 is 2.20 bits per heavy atom. The van der Waals surface area contributed by atoms with E-state index in [1.165, 1.54) is 19.2 Å². The third-order valence-electron chi connectivity index (χ3n) is 2.41. The maximum atomic E-state index is 13.0. The summed E-state index contributed by atoms with van der Waals surface area (Å²) >= 11 is 0. The number of hydrogen-bond acceptors (Lipinski definition) is 2. The zero-order valence-electron chi connectivity index (χ0n) is 8.43. The van der Waals surface area contributed by atoms with E-state index >= 15 is 0 Å². The van der Waals surface area contributed by atoms with Gasteiger partial charge in [0.1, 0.15) is 11.5 Å². The lowest BCUT2D eigenvalue weighted by atomic mass is 10.1. The first kappa shape index (κ1) is 9.71. The number of benzene rings is 1. The van der Waals surface area contributed by atoms with Gasteiger partial charge in [0.05, 0.1) is 7.11 Å². The highest BCUT2D eigenvalue weighted by Crippen LogP contribution is 2.22. The zero-order valence-corrected chi connectivity index (χ0v) is 8.43. The minimum atomic E-state index is -0.441. The number of carbonyl (C=O) groups excluding carboxylic acids is 1. The number of H-pyrrole nitrogens is 1. The Balaban J connectivity index is 2.69. The van der Waals surface area contributed by atoms with E-state index in [-0.39, 0.29) is 5.82 Å². The standard InChI is InChI=1S/C11H10FNO2/c1-6-8-5-7(12)3-4-9(8)13-10(6)11(14)15-2/h3-5,13H,1-2H3. The highest BCUT2D eigenvalue weighted by Gasteiger charge is 2.14. The van der Waals surface area contributed by atoms with Gasteiger partial charge in [-0.2, -0.15) is 0 Å².